The molecule has 7 nitrogen and oxygen atoms in total. The average molecular weight is 396 g/mol. The molecule has 2 aliphatic heterocycles. The molecule has 7 heteroatoms. The highest BCUT2D eigenvalue weighted by Crippen LogP contribution is 2.33. The molecular weight excluding hydrogens is 372 g/mol. The first kappa shape index (κ1) is 19.3. The van der Waals surface area contributed by atoms with Crippen LogP contribution in [0.5, 0.6) is 5.75 Å². The van der Waals surface area contributed by atoms with Gasteiger partial charge in [-0.2, -0.15) is 0 Å². The smallest absolute Gasteiger partial charge is 0.289 e. The Kier molecular flexibility index (Phi) is 5.40. The molecule has 1 aromatic heterocycles. The summed E-state index contributed by atoms with van der Waals surface area (Å²) in [6, 6.07) is 11.0. The third-order valence-electron chi connectivity index (χ3n) is 5.56. The van der Waals surface area contributed by atoms with Gasteiger partial charge < -0.3 is 23.7 Å². The Hall–Kier alpha value is -3.06. The Morgan fingerprint density at radius 2 is 2.00 bits per heavy atom. The van der Waals surface area contributed by atoms with Gasteiger partial charge in [0.1, 0.15) is 5.75 Å². The summed E-state index contributed by atoms with van der Waals surface area (Å²) in [6.07, 6.45) is 3.77. The average Bonchev–Trinajstić information content (AvgIpc) is 3.30. The molecule has 1 saturated heterocycles. The zero-order valence-corrected chi connectivity index (χ0v) is 16.5. The second-order valence-corrected chi connectivity index (χ2v) is 7.17. The van der Waals surface area contributed by atoms with Crippen molar-refractivity contribution in [2.75, 3.05) is 27.3 Å². The zero-order valence-electron chi connectivity index (χ0n) is 16.5. The lowest BCUT2D eigenvalue weighted by Crippen LogP contribution is -2.66. The largest absolute Gasteiger partial charge is 0.497 e. The summed E-state index contributed by atoms with van der Waals surface area (Å²) in [5.41, 5.74) is 2.16. The third kappa shape index (κ3) is 3.65. The summed E-state index contributed by atoms with van der Waals surface area (Å²) in [4.78, 5) is 28.6. The molecule has 0 aliphatic carbocycles. The Balaban J connectivity index is 1.46. The maximum atomic E-state index is 12.6. The van der Waals surface area contributed by atoms with Gasteiger partial charge in [-0.1, -0.05) is 18.2 Å². The van der Waals surface area contributed by atoms with E-state index >= 15 is 0 Å². The molecule has 152 valence electrons. The maximum absolute atomic E-state index is 12.6. The number of benzene rings is 1. The van der Waals surface area contributed by atoms with Crippen molar-refractivity contribution in [2.24, 2.45) is 0 Å². The van der Waals surface area contributed by atoms with Gasteiger partial charge in [0.2, 0.25) is 0 Å². The molecule has 2 amide bonds. The number of hydrogen-bond acceptors (Lipinski definition) is 5. The Bertz CT molecular complexity index is 904. The van der Waals surface area contributed by atoms with Crippen molar-refractivity contribution in [1.82, 2.24) is 9.80 Å². The lowest BCUT2D eigenvalue weighted by molar-refractivity contribution is -0.168. The number of carbonyl (C=O) groups is 2. The summed E-state index contributed by atoms with van der Waals surface area (Å²) in [5, 5.41) is 0. The van der Waals surface area contributed by atoms with Crippen LogP contribution in [0.15, 0.2) is 58.7 Å². The zero-order chi connectivity index (χ0) is 20.4. The Morgan fingerprint density at radius 3 is 2.59 bits per heavy atom. The number of furan rings is 1. The number of nitrogens with zero attached hydrogens (tertiary/aromatic N) is 2. The Morgan fingerprint density at radius 1 is 1.21 bits per heavy atom. The summed E-state index contributed by atoms with van der Waals surface area (Å²) < 4.78 is 15.9. The highest BCUT2D eigenvalue weighted by Gasteiger charge is 2.49. The molecule has 0 radical (unpaired) electrons. The normalized spacial score (nSPS) is 21.6. The van der Waals surface area contributed by atoms with Crippen LogP contribution in [-0.2, 0) is 16.1 Å². The van der Waals surface area contributed by atoms with Crippen molar-refractivity contribution in [2.45, 2.75) is 25.1 Å². The molecule has 0 saturated carbocycles. The molecule has 0 unspecified atom stereocenters. The van der Waals surface area contributed by atoms with Crippen molar-refractivity contribution in [3.8, 4) is 5.75 Å². The molecule has 3 heterocycles. The van der Waals surface area contributed by atoms with E-state index in [1.165, 1.54) is 6.26 Å². The van der Waals surface area contributed by atoms with E-state index in [1.807, 2.05) is 35.2 Å². The van der Waals surface area contributed by atoms with Crippen LogP contribution in [-0.4, -0.2) is 61.1 Å². The first-order chi connectivity index (χ1) is 14.1. The van der Waals surface area contributed by atoms with E-state index in [0.29, 0.717) is 31.8 Å². The van der Waals surface area contributed by atoms with Gasteiger partial charge in [-0.3, -0.25) is 9.59 Å². The fourth-order valence-corrected chi connectivity index (χ4v) is 3.94. The SMILES string of the molecule is COc1ccc(CN2C(=O)[C@H](OC)[C@@H]2C2=CCN(C(=O)c3ccco3)CC2)cc1. The minimum Gasteiger partial charge on any atom is -0.497 e. The number of hydrogen-bond donors (Lipinski definition) is 0. The van der Waals surface area contributed by atoms with Crippen LogP contribution in [0.2, 0.25) is 0 Å². The number of likely N-dealkylation sites (tertiary alicyclic amines) is 1. The van der Waals surface area contributed by atoms with E-state index in [-0.39, 0.29) is 17.9 Å². The van der Waals surface area contributed by atoms with Crippen LogP contribution in [0.3, 0.4) is 0 Å². The summed E-state index contributed by atoms with van der Waals surface area (Å²) >= 11 is 0. The van der Waals surface area contributed by atoms with Gasteiger partial charge in [-0.25, -0.2) is 0 Å². The van der Waals surface area contributed by atoms with E-state index in [4.69, 9.17) is 13.9 Å². The number of rotatable bonds is 6. The van der Waals surface area contributed by atoms with Crippen molar-refractivity contribution in [3.63, 3.8) is 0 Å². The predicted octanol–water partition coefficient (Wildman–Crippen LogP) is 2.49. The lowest BCUT2D eigenvalue weighted by Gasteiger charge is -2.48. The highest BCUT2D eigenvalue weighted by molar-refractivity contribution is 5.92. The van der Waals surface area contributed by atoms with Gasteiger partial charge in [-0.15, -0.1) is 0 Å². The second kappa shape index (κ2) is 8.13. The third-order valence-corrected chi connectivity index (χ3v) is 5.56. The van der Waals surface area contributed by atoms with E-state index in [2.05, 4.69) is 0 Å². The van der Waals surface area contributed by atoms with Crippen molar-refractivity contribution < 1.29 is 23.5 Å². The van der Waals surface area contributed by atoms with Crippen LogP contribution in [0.25, 0.3) is 0 Å². The quantitative estimate of drug-likeness (QED) is 0.554. The molecule has 0 N–H and O–H groups in total. The summed E-state index contributed by atoms with van der Waals surface area (Å²) in [6.45, 7) is 1.59. The number of ether oxygens (including phenoxy) is 2. The fraction of sp³-hybridized carbons (Fsp3) is 0.364. The van der Waals surface area contributed by atoms with Gasteiger partial charge in [0, 0.05) is 26.7 Å². The molecule has 2 aliphatic rings. The summed E-state index contributed by atoms with van der Waals surface area (Å²) in [5.74, 6) is 1.000. The molecule has 2 atom stereocenters. The molecule has 0 bridgehead atoms. The minimum absolute atomic E-state index is 0.0108. The second-order valence-electron chi connectivity index (χ2n) is 7.17. The van der Waals surface area contributed by atoms with Gasteiger partial charge in [0.05, 0.1) is 19.4 Å². The van der Waals surface area contributed by atoms with E-state index in [1.54, 1.807) is 31.3 Å². The van der Waals surface area contributed by atoms with Gasteiger partial charge >= 0.3 is 0 Å². The van der Waals surface area contributed by atoms with Gasteiger partial charge in [0.15, 0.2) is 11.9 Å². The van der Waals surface area contributed by atoms with Crippen LogP contribution in [0, 0.1) is 0 Å². The number of β-lactam (4-membered cyclic amide) rings is 1. The maximum Gasteiger partial charge on any atom is 0.289 e. The van der Waals surface area contributed by atoms with E-state index in [0.717, 1.165) is 16.9 Å². The number of carbonyl (C=O) groups excluding carboxylic acids is 2. The monoisotopic (exact) mass is 396 g/mol. The van der Waals surface area contributed by atoms with Crippen LogP contribution < -0.4 is 4.74 Å². The lowest BCUT2D eigenvalue weighted by atomic mass is 9.86. The van der Waals surface area contributed by atoms with Crippen molar-refractivity contribution in [1.29, 1.82) is 0 Å². The van der Waals surface area contributed by atoms with Gasteiger partial charge in [0.25, 0.3) is 11.8 Å². The van der Waals surface area contributed by atoms with Crippen molar-refractivity contribution in [3.05, 3.63) is 65.6 Å². The Labute approximate surface area is 169 Å². The molecule has 29 heavy (non-hydrogen) atoms. The molecule has 1 fully saturated rings. The van der Waals surface area contributed by atoms with Crippen LogP contribution >= 0.6 is 0 Å². The molecule has 4 rings (SSSR count). The first-order valence-corrected chi connectivity index (χ1v) is 9.60. The standard InChI is InChI=1S/C22H24N2O5/c1-27-17-7-5-15(6-8-17)14-24-19(20(28-2)22(24)26)16-9-11-23(12-10-16)21(25)18-4-3-13-29-18/h3-9,13,19-20H,10-12,14H2,1-2H3/t19-,20+/m0/s1. The predicted molar refractivity (Wildman–Crippen MR) is 105 cm³/mol. The van der Waals surface area contributed by atoms with Crippen LogP contribution in [0.1, 0.15) is 22.5 Å². The first-order valence-electron chi connectivity index (χ1n) is 9.60. The number of methoxy groups -OCH3 is 2. The minimum atomic E-state index is -0.466. The molecule has 1 aromatic carbocycles. The van der Waals surface area contributed by atoms with Gasteiger partial charge in [-0.05, 0) is 41.8 Å². The molecular formula is C22H24N2O5. The van der Waals surface area contributed by atoms with Crippen molar-refractivity contribution >= 4 is 11.8 Å². The molecule has 0 spiro atoms. The fourth-order valence-electron chi connectivity index (χ4n) is 3.94. The van der Waals surface area contributed by atoms with E-state index < -0.39 is 6.10 Å². The van der Waals surface area contributed by atoms with Crippen LogP contribution in [0.4, 0.5) is 0 Å². The number of amides is 2. The topological polar surface area (TPSA) is 72.2 Å². The highest BCUT2D eigenvalue weighted by atomic mass is 16.5. The summed E-state index contributed by atoms with van der Waals surface area (Å²) in [7, 11) is 3.19. The van der Waals surface area contributed by atoms with E-state index in [9.17, 15) is 9.59 Å². The molecule has 2 aromatic rings.